The fraction of sp³-hybridized carbons (Fsp3) is 0.647. The largest absolute Gasteiger partial charge is 0.313 e. The Morgan fingerprint density at radius 1 is 1.21 bits per heavy atom. The maximum Gasteiger partial charge on any atom is 0.0187 e. The maximum atomic E-state index is 3.70. The molecule has 0 amide bonds. The monoisotopic (exact) mass is 279 g/mol. The number of aryl methyl sites for hydroxylation is 2. The summed E-state index contributed by atoms with van der Waals surface area (Å²) >= 11 is 2.00. The molecule has 19 heavy (non-hydrogen) atoms. The van der Waals surface area contributed by atoms with Crippen LogP contribution in [0.3, 0.4) is 0 Å². The van der Waals surface area contributed by atoms with Crippen molar-refractivity contribution in [3.8, 4) is 0 Å². The third kappa shape index (κ3) is 5.58. The highest BCUT2D eigenvalue weighted by molar-refractivity contribution is 7.99. The summed E-state index contributed by atoms with van der Waals surface area (Å²) in [6.07, 6.45) is 2.45. The first-order chi connectivity index (χ1) is 9.08. The van der Waals surface area contributed by atoms with E-state index in [0.717, 1.165) is 12.5 Å². The minimum Gasteiger partial charge on any atom is -0.313 e. The minimum atomic E-state index is 0.620. The van der Waals surface area contributed by atoms with E-state index in [9.17, 15) is 0 Å². The van der Waals surface area contributed by atoms with E-state index >= 15 is 0 Å². The topological polar surface area (TPSA) is 12.0 Å². The highest BCUT2D eigenvalue weighted by atomic mass is 32.2. The molecule has 1 rings (SSSR count). The van der Waals surface area contributed by atoms with Crippen molar-refractivity contribution in [1.82, 2.24) is 5.32 Å². The second-order valence-corrected chi connectivity index (χ2v) is 6.59. The minimum absolute atomic E-state index is 0.620. The van der Waals surface area contributed by atoms with Crippen LogP contribution in [0.1, 0.15) is 44.7 Å². The molecule has 0 aromatic heterocycles. The molecule has 0 saturated carbocycles. The molecule has 2 heteroatoms. The van der Waals surface area contributed by atoms with Crippen LogP contribution in [0.2, 0.25) is 0 Å². The fourth-order valence-electron chi connectivity index (χ4n) is 2.08. The van der Waals surface area contributed by atoms with Gasteiger partial charge in [-0.15, -0.1) is 11.8 Å². The highest BCUT2D eigenvalue weighted by Gasteiger charge is 2.15. The summed E-state index contributed by atoms with van der Waals surface area (Å²) in [6, 6.07) is 7.36. The van der Waals surface area contributed by atoms with Crippen molar-refractivity contribution in [3.63, 3.8) is 0 Å². The van der Waals surface area contributed by atoms with Gasteiger partial charge in [-0.05, 0) is 44.4 Å². The predicted molar refractivity (Wildman–Crippen MR) is 88.2 cm³/mol. The summed E-state index contributed by atoms with van der Waals surface area (Å²) in [5.74, 6) is 1.91. The van der Waals surface area contributed by atoms with Crippen molar-refractivity contribution in [2.45, 2.75) is 58.4 Å². The van der Waals surface area contributed by atoms with Crippen molar-refractivity contribution in [2.24, 2.45) is 5.92 Å². The van der Waals surface area contributed by atoms with Gasteiger partial charge in [0.25, 0.3) is 0 Å². The molecule has 108 valence electrons. The molecule has 2 atom stereocenters. The van der Waals surface area contributed by atoms with Crippen molar-refractivity contribution in [1.29, 1.82) is 0 Å². The molecule has 0 aliphatic carbocycles. The molecule has 1 aromatic carbocycles. The molecule has 2 unspecified atom stereocenters. The van der Waals surface area contributed by atoms with Crippen molar-refractivity contribution < 1.29 is 0 Å². The summed E-state index contributed by atoms with van der Waals surface area (Å²) in [6.45, 7) is 12.4. The van der Waals surface area contributed by atoms with Gasteiger partial charge in [0.2, 0.25) is 0 Å². The van der Waals surface area contributed by atoms with Gasteiger partial charge in [-0.3, -0.25) is 0 Å². The zero-order chi connectivity index (χ0) is 14.3. The second kappa shape index (κ2) is 8.65. The summed E-state index contributed by atoms with van der Waals surface area (Å²) in [5.41, 5.74) is 2.75. The molecule has 0 radical (unpaired) electrons. The van der Waals surface area contributed by atoms with Gasteiger partial charge in [-0.2, -0.15) is 0 Å². The lowest BCUT2D eigenvalue weighted by Gasteiger charge is -2.24. The number of hydrogen-bond donors (Lipinski definition) is 1. The zero-order valence-corrected chi connectivity index (χ0v) is 13.9. The van der Waals surface area contributed by atoms with Crippen LogP contribution in [0.15, 0.2) is 23.1 Å². The van der Waals surface area contributed by atoms with Gasteiger partial charge in [0.1, 0.15) is 0 Å². The summed E-state index contributed by atoms with van der Waals surface area (Å²) in [4.78, 5) is 1.44. The molecule has 0 spiro atoms. The lowest BCUT2D eigenvalue weighted by atomic mass is 10.0. The Hall–Kier alpha value is -0.470. The van der Waals surface area contributed by atoms with Gasteiger partial charge in [0, 0.05) is 16.7 Å². The van der Waals surface area contributed by atoms with Gasteiger partial charge in [-0.25, -0.2) is 0 Å². The standard InChI is InChI=1S/C17H29NS/c1-6-10-18-16(14(4)7-2)12-19-17-11-13(3)8-9-15(17)5/h8-9,11,14,16,18H,6-7,10,12H2,1-5H3. The second-order valence-electron chi connectivity index (χ2n) is 5.53. The SMILES string of the molecule is CCCNC(CSc1cc(C)ccc1C)C(C)CC. The summed E-state index contributed by atoms with van der Waals surface area (Å²) in [7, 11) is 0. The molecular formula is C17H29NS. The maximum absolute atomic E-state index is 3.70. The average Bonchev–Trinajstić information content (AvgIpc) is 2.41. The van der Waals surface area contributed by atoms with Gasteiger partial charge in [0.15, 0.2) is 0 Å². The van der Waals surface area contributed by atoms with Gasteiger partial charge in [0.05, 0.1) is 0 Å². The quantitative estimate of drug-likeness (QED) is 0.685. The number of thioether (sulfide) groups is 1. The van der Waals surface area contributed by atoms with Gasteiger partial charge >= 0.3 is 0 Å². The average molecular weight is 279 g/mol. The summed E-state index contributed by atoms with van der Waals surface area (Å²) in [5, 5.41) is 3.70. The molecule has 0 heterocycles. The number of rotatable bonds is 8. The molecule has 1 N–H and O–H groups in total. The lowest BCUT2D eigenvalue weighted by Crippen LogP contribution is -2.37. The third-order valence-electron chi connectivity index (χ3n) is 3.75. The van der Waals surface area contributed by atoms with Crippen molar-refractivity contribution >= 4 is 11.8 Å². The van der Waals surface area contributed by atoms with Crippen LogP contribution >= 0.6 is 11.8 Å². The van der Waals surface area contributed by atoms with Crippen LogP contribution < -0.4 is 5.32 Å². The van der Waals surface area contributed by atoms with Crippen LogP contribution in [-0.4, -0.2) is 18.3 Å². The third-order valence-corrected chi connectivity index (χ3v) is 5.03. The summed E-state index contributed by atoms with van der Waals surface area (Å²) < 4.78 is 0. The molecule has 1 nitrogen and oxygen atoms in total. The molecule has 1 aromatic rings. The first kappa shape index (κ1) is 16.6. The molecule has 0 fully saturated rings. The first-order valence-corrected chi connectivity index (χ1v) is 8.50. The fourth-order valence-corrected chi connectivity index (χ4v) is 3.45. The Morgan fingerprint density at radius 3 is 2.58 bits per heavy atom. The number of nitrogens with one attached hydrogen (secondary N) is 1. The lowest BCUT2D eigenvalue weighted by molar-refractivity contribution is 0.397. The Bertz CT molecular complexity index is 376. The van der Waals surface area contributed by atoms with Crippen molar-refractivity contribution in [3.05, 3.63) is 29.3 Å². The van der Waals surface area contributed by atoms with Crippen LogP contribution in [-0.2, 0) is 0 Å². The van der Waals surface area contributed by atoms with E-state index in [1.165, 1.54) is 34.6 Å². The highest BCUT2D eigenvalue weighted by Crippen LogP contribution is 2.26. The first-order valence-electron chi connectivity index (χ1n) is 7.51. The van der Waals surface area contributed by atoms with Gasteiger partial charge in [-0.1, -0.05) is 44.9 Å². The van der Waals surface area contributed by atoms with Gasteiger partial charge < -0.3 is 5.32 Å². The predicted octanol–water partition coefficient (Wildman–Crippen LogP) is 4.81. The number of benzene rings is 1. The Labute approximate surface area is 123 Å². The molecule has 0 aliphatic heterocycles. The molecule has 0 aliphatic rings. The van der Waals surface area contributed by atoms with Crippen LogP contribution in [0.5, 0.6) is 0 Å². The Kier molecular flexibility index (Phi) is 7.55. The van der Waals surface area contributed by atoms with E-state index in [1.807, 2.05) is 11.8 Å². The molecular weight excluding hydrogens is 250 g/mol. The Morgan fingerprint density at radius 2 is 1.95 bits per heavy atom. The van der Waals surface area contributed by atoms with E-state index in [0.29, 0.717) is 6.04 Å². The molecule has 0 bridgehead atoms. The molecule has 0 saturated heterocycles. The van der Waals surface area contributed by atoms with Crippen LogP contribution in [0.25, 0.3) is 0 Å². The van der Waals surface area contributed by atoms with E-state index in [-0.39, 0.29) is 0 Å². The van der Waals surface area contributed by atoms with E-state index < -0.39 is 0 Å². The van der Waals surface area contributed by atoms with E-state index in [4.69, 9.17) is 0 Å². The van der Waals surface area contributed by atoms with Crippen molar-refractivity contribution in [2.75, 3.05) is 12.3 Å². The van der Waals surface area contributed by atoms with Crippen LogP contribution in [0, 0.1) is 19.8 Å². The van der Waals surface area contributed by atoms with E-state index in [1.54, 1.807) is 0 Å². The smallest absolute Gasteiger partial charge is 0.0187 e. The normalized spacial score (nSPS) is 14.4. The Balaban J connectivity index is 2.61. The van der Waals surface area contributed by atoms with Crippen LogP contribution in [0.4, 0.5) is 0 Å². The zero-order valence-electron chi connectivity index (χ0n) is 13.1. The van der Waals surface area contributed by atoms with E-state index in [2.05, 4.69) is 58.1 Å². The number of hydrogen-bond acceptors (Lipinski definition) is 2.